The highest BCUT2D eigenvalue weighted by molar-refractivity contribution is 7.22. The quantitative estimate of drug-likeness (QED) is 0.780. The minimum Gasteiger partial charge on any atom is -0.296 e. The van der Waals surface area contributed by atoms with Crippen LogP contribution in [0.5, 0.6) is 0 Å². The number of anilines is 1. The van der Waals surface area contributed by atoms with E-state index in [2.05, 4.69) is 15.3 Å². The monoisotopic (exact) mass is 275 g/mol. The molecule has 0 aliphatic rings. The Bertz CT molecular complexity index is 703. The molecule has 0 aliphatic heterocycles. The average Bonchev–Trinajstić information content (AvgIpc) is 2.97. The number of benzene rings is 1. The van der Waals surface area contributed by atoms with Crippen molar-refractivity contribution in [1.82, 2.24) is 9.97 Å². The van der Waals surface area contributed by atoms with Crippen molar-refractivity contribution in [1.29, 1.82) is 0 Å². The van der Waals surface area contributed by atoms with E-state index in [1.54, 1.807) is 11.6 Å². The van der Waals surface area contributed by atoms with Gasteiger partial charge in [0.2, 0.25) is 0 Å². The Balaban J connectivity index is 1.92. The zero-order valence-electron chi connectivity index (χ0n) is 9.51. The number of carbonyl (C=O) groups excluding carboxylic acids is 1. The molecular weight excluding hydrogens is 266 g/mol. The van der Waals surface area contributed by atoms with E-state index in [9.17, 15) is 4.79 Å². The van der Waals surface area contributed by atoms with E-state index in [-0.39, 0.29) is 5.91 Å². The summed E-state index contributed by atoms with van der Waals surface area (Å²) in [6.07, 6.45) is 1.61. The molecule has 1 aromatic carbocycles. The SMILES string of the molecule is Cc1cccc2sc(NC(=O)c3nccs3)nc12. The van der Waals surface area contributed by atoms with Gasteiger partial charge in [0.1, 0.15) is 0 Å². The summed E-state index contributed by atoms with van der Waals surface area (Å²) in [5.74, 6) is -0.207. The van der Waals surface area contributed by atoms with Crippen LogP contribution in [0.25, 0.3) is 10.2 Å². The molecule has 1 amide bonds. The smallest absolute Gasteiger partial charge is 0.286 e. The van der Waals surface area contributed by atoms with Gasteiger partial charge < -0.3 is 0 Å². The number of para-hydroxylation sites is 1. The van der Waals surface area contributed by atoms with Gasteiger partial charge in [0, 0.05) is 11.6 Å². The first-order chi connectivity index (χ1) is 8.74. The fraction of sp³-hybridized carbons (Fsp3) is 0.0833. The predicted molar refractivity (Wildman–Crippen MR) is 74.4 cm³/mol. The maximum absolute atomic E-state index is 11.8. The molecule has 0 saturated carbocycles. The number of fused-ring (bicyclic) bond motifs is 1. The van der Waals surface area contributed by atoms with Crippen molar-refractivity contribution in [2.75, 3.05) is 5.32 Å². The van der Waals surface area contributed by atoms with Gasteiger partial charge in [-0.2, -0.15) is 0 Å². The molecule has 3 rings (SSSR count). The summed E-state index contributed by atoms with van der Waals surface area (Å²) in [6, 6.07) is 6.00. The number of nitrogens with one attached hydrogen (secondary N) is 1. The third kappa shape index (κ3) is 2.00. The van der Waals surface area contributed by atoms with Crippen LogP contribution in [0, 0.1) is 6.92 Å². The number of thiazole rings is 2. The molecule has 3 aromatic rings. The third-order valence-corrected chi connectivity index (χ3v) is 4.18. The van der Waals surface area contributed by atoms with Gasteiger partial charge >= 0.3 is 0 Å². The fourth-order valence-electron chi connectivity index (χ4n) is 1.63. The maximum Gasteiger partial charge on any atom is 0.286 e. The Morgan fingerprint density at radius 3 is 3.00 bits per heavy atom. The van der Waals surface area contributed by atoms with E-state index in [4.69, 9.17) is 0 Å². The lowest BCUT2D eigenvalue weighted by atomic mass is 10.2. The van der Waals surface area contributed by atoms with Crippen molar-refractivity contribution in [3.8, 4) is 0 Å². The van der Waals surface area contributed by atoms with E-state index in [0.29, 0.717) is 10.1 Å². The second kappa shape index (κ2) is 4.47. The lowest BCUT2D eigenvalue weighted by Gasteiger charge is -1.96. The number of amides is 1. The summed E-state index contributed by atoms with van der Waals surface area (Å²) >= 11 is 2.78. The van der Waals surface area contributed by atoms with Crippen molar-refractivity contribution in [2.45, 2.75) is 6.92 Å². The molecule has 0 fully saturated rings. The van der Waals surface area contributed by atoms with Crippen LogP contribution in [0.1, 0.15) is 15.4 Å². The highest BCUT2D eigenvalue weighted by Crippen LogP contribution is 2.28. The molecule has 0 radical (unpaired) electrons. The Morgan fingerprint density at radius 2 is 2.28 bits per heavy atom. The molecule has 0 unspecified atom stereocenters. The van der Waals surface area contributed by atoms with E-state index >= 15 is 0 Å². The number of hydrogen-bond donors (Lipinski definition) is 1. The van der Waals surface area contributed by atoms with Gasteiger partial charge in [-0.25, -0.2) is 9.97 Å². The molecule has 0 atom stereocenters. The zero-order chi connectivity index (χ0) is 12.5. The lowest BCUT2D eigenvalue weighted by molar-refractivity contribution is 0.102. The van der Waals surface area contributed by atoms with Crippen LogP contribution < -0.4 is 5.32 Å². The summed E-state index contributed by atoms with van der Waals surface area (Å²) in [5, 5.41) is 5.61. The second-order valence-electron chi connectivity index (χ2n) is 3.73. The number of nitrogens with zero attached hydrogens (tertiary/aromatic N) is 2. The Kier molecular flexibility index (Phi) is 2.81. The van der Waals surface area contributed by atoms with Crippen LogP contribution in [-0.4, -0.2) is 15.9 Å². The minimum atomic E-state index is -0.207. The van der Waals surface area contributed by atoms with Crippen LogP contribution in [0.4, 0.5) is 5.13 Å². The van der Waals surface area contributed by atoms with Gasteiger partial charge in [-0.1, -0.05) is 23.5 Å². The molecule has 0 saturated heterocycles. The van der Waals surface area contributed by atoms with Crippen molar-refractivity contribution in [2.24, 2.45) is 0 Å². The fourth-order valence-corrected chi connectivity index (χ4v) is 3.10. The van der Waals surface area contributed by atoms with E-state index in [1.807, 2.05) is 25.1 Å². The summed E-state index contributed by atoms with van der Waals surface area (Å²) in [5.41, 5.74) is 2.05. The first-order valence-electron chi connectivity index (χ1n) is 5.31. The van der Waals surface area contributed by atoms with E-state index in [0.717, 1.165) is 15.8 Å². The number of aryl methyl sites for hydroxylation is 1. The summed E-state index contributed by atoms with van der Waals surface area (Å²) < 4.78 is 1.07. The number of carbonyl (C=O) groups is 1. The number of rotatable bonds is 2. The molecule has 6 heteroatoms. The summed E-state index contributed by atoms with van der Waals surface area (Å²) in [7, 11) is 0. The summed E-state index contributed by atoms with van der Waals surface area (Å²) in [4.78, 5) is 20.2. The largest absolute Gasteiger partial charge is 0.296 e. The van der Waals surface area contributed by atoms with Gasteiger partial charge in [-0.05, 0) is 18.6 Å². The highest BCUT2D eigenvalue weighted by atomic mass is 32.1. The Hall–Kier alpha value is -1.79. The van der Waals surface area contributed by atoms with Crippen molar-refractivity contribution in [3.63, 3.8) is 0 Å². The van der Waals surface area contributed by atoms with Gasteiger partial charge in [-0.3, -0.25) is 10.1 Å². The highest BCUT2D eigenvalue weighted by Gasteiger charge is 2.12. The third-order valence-electron chi connectivity index (χ3n) is 2.47. The van der Waals surface area contributed by atoms with Crippen LogP contribution in [0.3, 0.4) is 0 Å². The van der Waals surface area contributed by atoms with Crippen LogP contribution in [0.2, 0.25) is 0 Å². The second-order valence-corrected chi connectivity index (χ2v) is 5.66. The molecule has 1 N–H and O–H groups in total. The van der Waals surface area contributed by atoms with Crippen LogP contribution in [-0.2, 0) is 0 Å². The minimum absolute atomic E-state index is 0.207. The van der Waals surface area contributed by atoms with Gasteiger partial charge in [0.25, 0.3) is 5.91 Å². The first-order valence-corrected chi connectivity index (χ1v) is 7.00. The number of aromatic nitrogens is 2. The maximum atomic E-state index is 11.8. The first kappa shape index (κ1) is 11.3. The lowest BCUT2D eigenvalue weighted by Crippen LogP contribution is -2.10. The van der Waals surface area contributed by atoms with Gasteiger partial charge in [0.15, 0.2) is 10.1 Å². The van der Waals surface area contributed by atoms with Crippen molar-refractivity contribution in [3.05, 3.63) is 40.3 Å². The normalized spacial score (nSPS) is 10.7. The van der Waals surface area contributed by atoms with Crippen LogP contribution in [0.15, 0.2) is 29.8 Å². The molecule has 0 bridgehead atoms. The molecule has 4 nitrogen and oxygen atoms in total. The molecule has 18 heavy (non-hydrogen) atoms. The molecule has 2 heterocycles. The molecule has 0 spiro atoms. The Labute approximate surface area is 111 Å². The Morgan fingerprint density at radius 1 is 1.39 bits per heavy atom. The predicted octanol–water partition coefficient (Wildman–Crippen LogP) is 3.31. The van der Waals surface area contributed by atoms with Gasteiger partial charge in [0.05, 0.1) is 10.2 Å². The molecule has 90 valence electrons. The van der Waals surface area contributed by atoms with Crippen LogP contribution >= 0.6 is 22.7 Å². The van der Waals surface area contributed by atoms with E-state index < -0.39 is 0 Å². The van der Waals surface area contributed by atoms with Crippen molar-refractivity contribution < 1.29 is 4.79 Å². The topological polar surface area (TPSA) is 54.9 Å². The number of hydrogen-bond acceptors (Lipinski definition) is 5. The standard InChI is InChI=1S/C12H9N3OS2/c1-7-3-2-4-8-9(7)14-12(18-8)15-10(16)11-13-5-6-17-11/h2-6H,1H3,(H,14,15,16). The van der Waals surface area contributed by atoms with Crippen molar-refractivity contribution >= 4 is 43.9 Å². The zero-order valence-corrected chi connectivity index (χ0v) is 11.1. The van der Waals surface area contributed by atoms with Gasteiger partial charge in [-0.15, -0.1) is 11.3 Å². The van der Waals surface area contributed by atoms with E-state index in [1.165, 1.54) is 22.7 Å². The molecule has 0 aliphatic carbocycles. The average molecular weight is 275 g/mol. The molecule has 2 aromatic heterocycles. The molecular formula is C12H9N3OS2. The summed E-state index contributed by atoms with van der Waals surface area (Å²) in [6.45, 7) is 2.01.